The van der Waals surface area contributed by atoms with Gasteiger partial charge < -0.3 is 92.2 Å². The van der Waals surface area contributed by atoms with Crippen LogP contribution in [0.25, 0.3) is 22.5 Å². The number of hydrogen-bond acceptors (Lipinski definition) is 21. The number of fused-ring (bicyclic) bond motifs is 5. The Morgan fingerprint density at radius 2 is 0.966 bits per heavy atom. The van der Waals surface area contributed by atoms with Crippen LogP contribution in [0.15, 0.2) is 48.5 Å². The maximum atomic E-state index is 14.1. The largest absolute Gasteiger partial charge is 0.379 e. The predicted octanol–water partition coefficient (Wildman–Crippen LogP) is 4.77. The van der Waals surface area contributed by atoms with Gasteiger partial charge in [0.05, 0.1) is 183 Å². The molecule has 0 saturated carbocycles. The zero-order valence-electron chi connectivity index (χ0n) is 53.0. The van der Waals surface area contributed by atoms with Crippen molar-refractivity contribution in [2.45, 2.75) is 104 Å². The summed E-state index contributed by atoms with van der Waals surface area (Å²) in [4.78, 5) is 62.8. The van der Waals surface area contributed by atoms with E-state index < -0.39 is 6.72 Å². The highest BCUT2D eigenvalue weighted by atomic mass is 32.5. The lowest BCUT2D eigenvalue weighted by molar-refractivity contribution is -0.125. The van der Waals surface area contributed by atoms with E-state index in [0.29, 0.717) is 176 Å². The number of ether oxygens (including phenoxy) is 11. The third kappa shape index (κ3) is 36.4. The Morgan fingerprint density at radius 3 is 1.51 bits per heavy atom. The topological polar surface area (TPSA) is 291 Å². The minimum Gasteiger partial charge on any atom is -0.379 e. The number of carbonyl (C=O) groups excluding carboxylic acids is 4. The van der Waals surface area contributed by atoms with E-state index >= 15 is 0 Å². The second kappa shape index (κ2) is 49.2. The maximum absolute atomic E-state index is 14.1. The highest BCUT2D eigenvalue weighted by Crippen LogP contribution is 2.45. The van der Waals surface area contributed by atoms with Gasteiger partial charge in [0.15, 0.2) is 0 Å². The third-order valence-electron chi connectivity index (χ3n) is 13.0. The number of benzene rings is 2. The van der Waals surface area contributed by atoms with Gasteiger partial charge in [0.1, 0.15) is 5.69 Å². The van der Waals surface area contributed by atoms with Crippen LogP contribution in [0.1, 0.15) is 84.6 Å². The Bertz CT molecular complexity index is 2430. The molecule has 89 heavy (non-hydrogen) atoms. The molecule has 1 aliphatic rings. The molecule has 0 saturated heterocycles. The van der Waals surface area contributed by atoms with Gasteiger partial charge in [-0.25, -0.2) is 4.68 Å². The summed E-state index contributed by atoms with van der Waals surface area (Å²) in [6.07, 6.45) is 3.75. The van der Waals surface area contributed by atoms with E-state index in [0.717, 1.165) is 54.6 Å². The van der Waals surface area contributed by atoms with Crippen LogP contribution in [0.4, 0.5) is 5.69 Å². The fraction of sp³-hybridized carbons (Fsp3) is 0.705. The highest BCUT2D eigenvalue weighted by Gasteiger charge is 2.29. The van der Waals surface area contributed by atoms with Gasteiger partial charge in [0.25, 0.3) is 0 Å². The number of unbranched alkanes of at least 4 members (excludes halogenated alkanes) is 3. The molecule has 0 fully saturated rings. The summed E-state index contributed by atoms with van der Waals surface area (Å²) in [6.45, 7) is 16.5. The predicted molar refractivity (Wildman–Crippen MR) is 339 cm³/mol. The molecule has 28 heteroatoms. The number of hydrogen-bond donors (Lipinski definition) is 5. The van der Waals surface area contributed by atoms with Crippen molar-refractivity contribution in [3.8, 4) is 22.5 Å². The van der Waals surface area contributed by atoms with Crippen molar-refractivity contribution in [2.75, 3.05) is 183 Å². The molecule has 2 heterocycles. The van der Waals surface area contributed by atoms with E-state index in [2.05, 4.69) is 45.4 Å². The Balaban J connectivity index is 0.984. The molecule has 504 valence electrons. The SMILES string of the molecule is CC(C)NCCOCCOCCOCCNC(=O)CCOCCOCCOCCOCCNC(=O)CCC(=O)N1Cc2ccccc2-c2nnn(CCOCCOCCOCCOCCC(=O)NCCCCCCOP(O)(=S)OC(C)C)c2-c2ccccc21. The van der Waals surface area contributed by atoms with E-state index in [1.54, 1.807) is 23.4 Å². The number of nitrogens with one attached hydrogen (secondary N) is 4. The zero-order chi connectivity index (χ0) is 63.8. The summed E-state index contributed by atoms with van der Waals surface area (Å²) in [6, 6.07) is 15.9. The lowest BCUT2D eigenvalue weighted by Gasteiger charge is -2.28. The maximum Gasteiger partial charge on any atom is 0.324 e. The van der Waals surface area contributed by atoms with Crippen molar-refractivity contribution in [1.29, 1.82) is 0 Å². The quantitative estimate of drug-likeness (QED) is 0.0376. The van der Waals surface area contributed by atoms with Gasteiger partial charge in [-0.1, -0.05) is 74.4 Å². The van der Waals surface area contributed by atoms with Crippen LogP contribution in [0.2, 0.25) is 0 Å². The average molecular weight is 1300 g/mol. The van der Waals surface area contributed by atoms with E-state index in [9.17, 15) is 24.1 Å². The van der Waals surface area contributed by atoms with Gasteiger partial charge in [0.2, 0.25) is 23.6 Å². The van der Waals surface area contributed by atoms with Crippen LogP contribution in [0, 0.1) is 0 Å². The van der Waals surface area contributed by atoms with Crippen molar-refractivity contribution in [3.63, 3.8) is 0 Å². The molecule has 5 N–H and O–H groups in total. The summed E-state index contributed by atoms with van der Waals surface area (Å²) < 4.78 is 73.8. The summed E-state index contributed by atoms with van der Waals surface area (Å²) in [5.41, 5.74) is 4.70. The Kier molecular flexibility index (Phi) is 42.5. The van der Waals surface area contributed by atoms with Crippen LogP contribution in [-0.2, 0) is 105 Å². The lowest BCUT2D eigenvalue weighted by atomic mass is 9.95. The molecule has 1 aliphatic heterocycles. The fourth-order valence-corrected chi connectivity index (χ4v) is 10.3. The standard InChI is InChI=1S/C61H101N8O18PS/c1-50(2)62-22-29-77-35-41-83-42-36-79-31-24-65-58(72)20-28-76-34-40-81-45-47-84-43-37-78-30-23-64-56(70)17-18-59(73)68-49-52-13-7-8-14-53(52)60-61(54-15-9-10-16-55(54)68)69(67-66-60)25-32-80-38-44-85-48-46-82-39-33-75-27-19-57(71)63-21-11-5-6-12-26-86-88(74,89)87-51(3)4/h7-10,13-16,50-51,62H,5-6,11-12,17-49H2,1-4H3,(H,63,71)(H,64,70)(H,65,72)(H,74,89). The number of aromatic nitrogens is 3. The van der Waals surface area contributed by atoms with Gasteiger partial charge in [-0.05, 0) is 50.1 Å². The normalized spacial score (nSPS) is 12.8. The van der Waals surface area contributed by atoms with Crippen LogP contribution in [-0.4, -0.2) is 234 Å². The zero-order valence-corrected chi connectivity index (χ0v) is 54.7. The first-order valence-electron chi connectivity index (χ1n) is 31.3. The molecule has 0 aliphatic carbocycles. The summed E-state index contributed by atoms with van der Waals surface area (Å²) in [5, 5.41) is 21.0. The van der Waals surface area contributed by atoms with Crippen LogP contribution >= 0.6 is 6.72 Å². The first kappa shape index (κ1) is 77.0. The molecule has 0 bridgehead atoms. The number of para-hydroxylation sites is 1. The lowest BCUT2D eigenvalue weighted by Crippen LogP contribution is -2.34. The smallest absolute Gasteiger partial charge is 0.324 e. The van der Waals surface area contributed by atoms with E-state index in [1.807, 2.05) is 48.5 Å². The second-order valence-electron chi connectivity index (χ2n) is 20.9. The van der Waals surface area contributed by atoms with Crippen LogP contribution < -0.4 is 26.2 Å². The first-order chi connectivity index (χ1) is 43.3. The molecule has 4 rings (SSSR count). The van der Waals surface area contributed by atoms with E-state index in [1.165, 1.54) is 0 Å². The third-order valence-corrected chi connectivity index (χ3v) is 14.7. The number of anilines is 1. The summed E-state index contributed by atoms with van der Waals surface area (Å²) >= 11 is 4.97. The molecule has 2 aromatic carbocycles. The second-order valence-corrected chi connectivity index (χ2v) is 23.7. The molecule has 4 amide bonds. The van der Waals surface area contributed by atoms with E-state index in [-0.39, 0.29) is 81.7 Å². The minimum atomic E-state index is -3.17. The first-order valence-corrected chi connectivity index (χ1v) is 33.9. The number of nitrogens with zero attached hydrogens (tertiary/aromatic N) is 4. The van der Waals surface area contributed by atoms with Gasteiger partial charge in [-0.2, -0.15) is 0 Å². The van der Waals surface area contributed by atoms with Crippen molar-refractivity contribution in [1.82, 2.24) is 36.3 Å². The Morgan fingerprint density at radius 1 is 0.517 bits per heavy atom. The molecular weight excluding hydrogens is 1200 g/mol. The summed E-state index contributed by atoms with van der Waals surface area (Å²) in [5.74, 6) is -0.624. The number of amides is 4. The molecule has 0 spiro atoms. The van der Waals surface area contributed by atoms with Gasteiger partial charge in [-0.15, -0.1) is 5.10 Å². The van der Waals surface area contributed by atoms with Crippen LogP contribution in [0.3, 0.4) is 0 Å². The van der Waals surface area contributed by atoms with Gasteiger partial charge >= 0.3 is 6.72 Å². The van der Waals surface area contributed by atoms with Gasteiger partial charge in [-0.3, -0.25) is 19.2 Å². The van der Waals surface area contributed by atoms with Crippen LogP contribution in [0.5, 0.6) is 0 Å². The summed E-state index contributed by atoms with van der Waals surface area (Å²) in [7, 11) is 0. The molecule has 0 radical (unpaired) electrons. The molecule has 26 nitrogen and oxygen atoms in total. The number of rotatable bonds is 56. The molecule has 3 aromatic rings. The average Bonchev–Trinajstić information content (AvgIpc) is 1.73. The molecule has 1 aromatic heterocycles. The Hall–Kier alpha value is -4.49. The minimum absolute atomic E-state index is 0.00316. The van der Waals surface area contributed by atoms with Gasteiger partial charge in [0, 0.05) is 69.0 Å². The monoisotopic (exact) mass is 1300 g/mol. The van der Waals surface area contributed by atoms with Crippen molar-refractivity contribution < 1.29 is 85.2 Å². The molecule has 1 atom stereocenters. The molecule has 1 unspecified atom stereocenters. The van der Waals surface area contributed by atoms with E-state index in [4.69, 9.17) is 73.0 Å². The highest BCUT2D eigenvalue weighted by molar-refractivity contribution is 8.07. The Labute approximate surface area is 531 Å². The van der Waals surface area contributed by atoms with Crippen molar-refractivity contribution in [3.05, 3.63) is 54.1 Å². The number of carbonyl (C=O) groups is 4. The fourth-order valence-electron chi connectivity index (χ4n) is 8.59. The van der Waals surface area contributed by atoms with Crippen molar-refractivity contribution >= 4 is 47.8 Å². The molecular formula is C61H101N8O18PS. The van der Waals surface area contributed by atoms with Crippen molar-refractivity contribution in [2.24, 2.45) is 0 Å².